The van der Waals surface area contributed by atoms with Gasteiger partial charge in [-0.2, -0.15) is 5.10 Å². The Balaban J connectivity index is 1.56. The fourth-order valence-electron chi connectivity index (χ4n) is 4.05. The number of hydrogen-bond acceptors (Lipinski definition) is 5. The van der Waals surface area contributed by atoms with Gasteiger partial charge in [0.15, 0.2) is 5.65 Å². The van der Waals surface area contributed by atoms with Crippen LogP contribution in [0.3, 0.4) is 0 Å². The highest BCUT2D eigenvalue weighted by atomic mass is 16.5. The number of hydrogen-bond donors (Lipinski definition) is 1. The number of morpholine rings is 1. The zero-order chi connectivity index (χ0) is 22.8. The molecule has 1 atom stereocenters. The molecular formula is C25H33N5O2. The Hall–Kier alpha value is -2.93. The average Bonchev–Trinajstić information content (AvgIpc) is 3.23. The third kappa shape index (κ3) is 4.48. The predicted molar refractivity (Wildman–Crippen MR) is 127 cm³/mol. The summed E-state index contributed by atoms with van der Waals surface area (Å²) in [5.41, 5.74) is 4.55. The monoisotopic (exact) mass is 435 g/mol. The Bertz CT molecular complexity index is 1080. The molecule has 4 rings (SSSR count). The van der Waals surface area contributed by atoms with Crippen molar-refractivity contribution in [3.8, 4) is 0 Å². The molecule has 1 amide bonds. The summed E-state index contributed by atoms with van der Waals surface area (Å²) in [6.07, 6.45) is 1.75. The van der Waals surface area contributed by atoms with E-state index in [-0.39, 0.29) is 23.9 Å². The van der Waals surface area contributed by atoms with E-state index >= 15 is 0 Å². The van der Waals surface area contributed by atoms with E-state index in [0.29, 0.717) is 5.56 Å². The van der Waals surface area contributed by atoms with Gasteiger partial charge in [0, 0.05) is 30.5 Å². The van der Waals surface area contributed by atoms with Crippen molar-refractivity contribution >= 4 is 22.6 Å². The van der Waals surface area contributed by atoms with E-state index in [1.165, 1.54) is 5.69 Å². The molecule has 0 bridgehead atoms. The molecule has 3 heterocycles. The van der Waals surface area contributed by atoms with Crippen LogP contribution >= 0.6 is 0 Å². The van der Waals surface area contributed by atoms with E-state index in [4.69, 9.17) is 9.72 Å². The molecule has 170 valence electrons. The Labute approximate surface area is 189 Å². The predicted octanol–water partition coefficient (Wildman–Crippen LogP) is 4.46. The average molecular weight is 436 g/mol. The van der Waals surface area contributed by atoms with Gasteiger partial charge in [0.25, 0.3) is 5.91 Å². The van der Waals surface area contributed by atoms with Crippen LogP contribution in [0.1, 0.15) is 74.2 Å². The first-order valence-corrected chi connectivity index (χ1v) is 11.5. The number of anilines is 1. The van der Waals surface area contributed by atoms with Crippen molar-refractivity contribution < 1.29 is 9.53 Å². The summed E-state index contributed by atoms with van der Waals surface area (Å²) in [6.45, 7) is 13.7. The fraction of sp³-hybridized carbons (Fsp3) is 0.480. The number of rotatable bonds is 6. The molecule has 7 nitrogen and oxygen atoms in total. The van der Waals surface area contributed by atoms with Crippen molar-refractivity contribution in [2.75, 3.05) is 31.2 Å². The molecule has 2 aromatic heterocycles. The van der Waals surface area contributed by atoms with Gasteiger partial charge in [-0.25, -0.2) is 9.67 Å². The first-order valence-electron chi connectivity index (χ1n) is 11.5. The second-order valence-corrected chi connectivity index (χ2v) is 9.06. The molecule has 1 unspecified atom stereocenters. The van der Waals surface area contributed by atoms with E-state index in [1.807, 2.05) is 17.7 Å². The fourth-order valence-corrected chi connectivity index (χ4v) is 4.05. The summed E-state index contributed by atoms with van der Waals surface area (Å²) < 4.78 is 7.32. The molecule has 7 heteroatoms. The van der Waals surface area contributed by atoms with Crippen LogP contribution in [0.15, 0.2) is 36.5 Å². The summed E-state index contributed by atoms with van der Waals surface area (Å²) in [4.78, 5) is 20.4. The highest BCUT2D eigenvalue weighted by Crippen LogP contribution is 2.26. The molecule has 0 radical (unpaired) electrons. The van der Waals surface area contributed by atoms with Crippen LogP contribution in [0.5, 0.6) is 0 Å². The Kier molecular flexibility index (Phi) is 6.46. The van der Waals surface area contributed by atoms with Crippen molar-refractivity contribution in [1.29, 1.82) is 0 Å². The lowest BCUT2D eigenvalue weighted by Crippen LogP contribution is -2.36. The second-order valence-electron chi connectivity index (χ2n) is 9.06. The Morgan fingerprint density at radius 1 is 1.06 bits per heavy atom. The number of amides is 1. The van der Waals surface area contributed by atoms with E-state index < -0.39 is 0 Å². The summed E-state index contributed by atoms with van der Waals surface area (Å²) in [6, 6.07) is 10.4. The van der Waals surface area contributed by atoms with E-state index in [0.717, 1.165) is 48.6 Å². The highest BCUT2D eigenvalue weighted by Gasteiger charge is 2.20. The molecule has 0 aliphatic carbocycles. The normalized spacial score (nSPS) is 15.5. The van der Waals surface area contributed by atoms with Crippen molar-refractivity contribution in [3.05, 3.63) is 53.3 Å². The number of pyridine rings is 1. The number of ether oxygens (including phenoxy) is 1. The third-order valence-corrected chi connectivity index (χ3v) is 6.03. The van der Waals surface area contributed by atoms with Crippen molar-refractivity contribution in [1.82, 2.24) is 20.1 Å². The number of carbonyl (C=O) groups excluding carboxylic acids is 1. The third-order valence-electron chi connectivity index (χ3n) is 6.03. The van der Waals surface area contributed by atoms with Crippen molar-refractivity contribution in [2.24, 2.45) is 0 Å². The number of aromatic nitrogens is 3. The first kappa shape index (κ1) is 22.3. The minimum Gasteiger partial charge on any atom is -0.378 e. The van der Waals surface area contributed by atoms with E-state index in [2.05, 4.69) is 67.3 Å². The minimum absolute atomic E-state index is 0.104. The quantitative estimate of drug-likeness (QED) is 0.619. The maximum absolute atomic E-state index is 13.3. The molecule has 1 N–H and O–H groups in total. The largest absolute Gasteiger partial charge is 0.378 e. The van der Waals surface area contributed by atoms with Gasteiger partial charge in [-0.1, -0.05) is 26.0 Å². The zero-order valence-electron chi connectivity index (χ0n) is 19.6. The summed E-state index contributed by atoms with van der Waals surface area (Å²) in [5.74, 6) is 0.110. The number of fused-ring (bicyclic) bond motifs is 1. The van der Waals surface area contributed by atoms with Gasteiger partial charge >= 0.3 is 0 Å². The van der Waals surface area contributed by atoms with E-state index in [1.54, 1.807) is 6.20 Å². The lowest BCUT2D eigenvalue weighted by Gasteiger charge is -2.29. The lowest BCUT2D eigenvalue weighted by molar-refractivity contribution is 0.0941. The summed E-state index contributed by atoms with van der Waals surface area (Å²) >= 11 is 0. The molecule has 1 fully saturated rings. The van der Waals surface area contributed by atoms with Crippen molar-refractivity contribution in [3.63, 3.8) is 0 Å². The van der Waals surface area contributed by atoms with Crippen LogP contribution in [0, 0.1) is 0 Å². The molecule has 1 saturated heterocycles. The van der Waals surface area contributed by atoms with Crippen LogP contribution in [0.25, 0.3) is 11.0 Å². The lowest BCUT2D eigenvalue weighted by atomic mass is 10.0. The molecule has 1 aromatic carbocycles. The van der Waals surface area contributed by atoms with Gasteiger partial charge in [-0.3, -0.25) is 4.79 Å². The summed E-state index contributed by atoms with van der Waals surface area (Å²) in [7, 11) is 0. The Morgan fingerprint density at radius 3 is 2.38 bits per heavy atom. The molecular weight excluding hydrogens is 402 g/mol. The number of nitrogens with zero attached hydrogens (tertiary/aromatic N) is 4. The van der Waals surface area contributed by atoms with Crippen LogP contribution in [0.2, 0.25) is 0 Å². The van der Waals surface area contributed by atoms with Crippen LogP contribution in [-0.4, -0.2) is 47.0 Å². The number of nitrogens with one attached hydrogen (secondary N) is 1. The first-order chi connectivity index (χ1) is 15.3. The SMILES string of the molecule is CC(C)c1cc(C(=O)NC(C)c2ccc(N3CCOCC3)cc2)c2cnn(C(C)C)c2n1. The zero-order valence-corrected chi connectivity index (χ0v) is 19.6. The second kappa shape index (κ2) is 9.28. The van der Waals surface area contributed by atoms with Gasteiger partial charge < -0.3 is 15.0 Å². The van der Waals surface area contributed by atoms with Crippen molar-refractivity contribution in [2.45, 2.75) is 52.6 Å². The van der Waals surface area contributed by atoms with E-state index in [9.17, 15) is 4.79 Å². The summed E-state index contributed by atoms with van der Waals surface area (Å²) in [5, 5.41) is 8.45. The van der Waals surface area contributed by atoms with Gasteiger partial charge in [0.05, 0.1) is 36.4 Å². The van der Waals surface area contributed by atoms with Gasteiger partial charge in [-0.15, -0.1) is 0 Å². The van der Waals surface area contributed by atoms with Crippen LogP contribution in [0.4, 0.5) is 5.69 Å². The molecule has 3 aromatic rings. The minimum atomic E-state index is -0.118. The van der Waals surface area contributed by atoms with Gasteiger partial charge in [0.1, 0.15) is 0 Å². The maximum Gasteiger partial charge on any atom is 0.252 e. The van der Waals surface area contributed by atoms with Crippen LogP contribution < -0.4 is 10.2 Å². The van der Waals surface area contributed by atoms with Gasteiger partial charge in [0.2, 0.25) is 0 Å². The molecule has 0 spiro atoms. The topological polar surface area (TPSA) is 72.3 Å². The molecule has 0 saturated carbocycles. The maximum atomic E-state index is 13.3. The van der Waals surface area contributed by atoms with Crippen LogP contribution in [-0.2, 0) is 4.74 Å². The highest BCUT2D eigenvalue weighted by molar-refractivity contribution is 6.05. The van der Waals surface area contributed by atoms with Gasteiger partial charge in [-0.05, 0) is 50.5 Å². The molecule has 32 heavy (non-hydrogen) atoms. The standard InChI is InChI=1S/C25H33N5O2/c1-16(2)23-14-21(22-15-26-30(17(3)4)24(22)28-23)25(31)27-18(5)19-6-8-20(9-7-19)29-10-12-32-13-11-29/h6-9,14-18H,10-13H2,1-5H3,(H,27,31). The Morgan fingerprint density at radius 2 is 1.75 bits per heavy atom. The smallest absolute Gasteiger partial charge is 0.252 e. The molecule has 1 aliphatic rings. The number of carbonyl (C=O) groups is 1. The molecule has 1 aliphatic heterocycles. The number of benzene rings is 1.